The summed E-state index contributed by atoms with van der Waals surface area (Å²) in [5.74, 6) is -1.96. The van der Waals surface area contributed by atoms with E-state index in [2.05, 4.69) is 28.1 Å². The maximum Gasteiger partial charge on any atom is 0.327 e. The molecule has 0 saturated heterocycles. The molecular formula is C21H24N4O3. The molecule has 0 atom stereocenters. The van der Waals surface area contributed by atoms with Crippen LogP contribution in [0, 0.1) is 0 Å². The second-order valence-electron chi connectivity index (χ2n) is 6.13. The molecule has 0 fully saturated rings. The second-order valence-corrected chi connectivity index (χ2v) is 6.13. The average Bonchev–Trinajstić information content (AvgIpc) is 2.71. The summed E-state index contributed by atoms with van der Waals surface area (Å²) in [5, 5.41) is 5.25. The molecule has 4 N–H and O–H groups in total. The van der Waals surface area contributed by atoms with E-state index in [1.807, 2.05) is 49.4 Å². The molecule has 3 amide bonds. The minimum Gasteiger partial charge on any atom is -0.352 e. The standard InChI is InChI=1S/C21H24N4O3/c1-3-16-9-11-18(12-10-16)23-20(27)21(28)25-24-15(2)13-19(26)22-14-17-7-5-4-6-8-17/h4-12,24H,2-3,13-14H2,1H3,(H,22,26)(H,23,27)(H,25,28). The maximum absolute atomic E-state index is 11.9. The van der Waals surface area contributed by atoms with E-state index in [-0.39, 0.29) is 18.0 Å². The second kappa shape index (κ2) is 10.5. The number of hydrogen-bond donors (Lipinski definition) is 4. The quantitative estimate of drug-likeness (QED) is 0.416. The summed E-state index contributed by atoms with van der Waals surface area (Å²) in [6.07, 6.45) is 0.854. The summed E-state index contributed by atoms with van der Waals surface area (Å²) in [7, 11) is 0. The molecule has 0 unspecified atom stereocenters. The van der Waals surface area contributed by atoms with Crippen molar-refractivity contribution < 1.29 is 14.4 Å². The molecule has 0 heterocycles. The van der Waals surface area contributed by atoms with E-state index < -0.39 is 11.8 Å². The molecule has 7 heteroatoms. The van der Waals surface area contributed by atoms with Gasteiger partial charge in [-0.05, 0) is 29.7 Å². The maximum atomic E-state index is 11.9. The molecule has 28 heavy (non-hydrogen) atoms. The predicted octanol–water partition coefficient (Wildman–Crippen LogP) is 2.03. The first-order valence-corrected chi connectivity index (χ1v) is 8.92. The number of carbonyl (C=O) groups excluding carboxylic acids is 3. The number of hydrazine groups is 1. The lowest BCUT2D eigenvalue weighted by atomic mass is 10.1. The van der Waals surface area contributed by atoms with Crippen molar-refractivity contribution in [3.8, 4) is 0 Å². The zero-order valence-electron chi connectivity index (χ0n) is 15.7. The van der Waals surface area contributed by atoms with Crippen molar-refractivity contribution in [2.75, 3.05) is 5.32 Å². The Labute approximate surface area is 164 Å². The van der Waals surface area contributed by atoms with Crippen LogP contribution in [0.25, 0.3) is 0 Å². The summed E-state index contributed by atoms with van der Waals surface area (Å²) in [5.41, 5.74) is 7.60. The highest BCUT2D eigenvalue weighted by atomic mass is 16.2. The molecule has 0 aliphatic carbocycles. The van der Waals surface area contributed by atoms with Gasteiger partial charge in [-0.3, -0.25) is 19.8 Å². The summed E-state index contributed by atoms with van der Waals surface area (Å²) < 4.78 is 0. The first-order valence-electron chi connectivity index (χ1n) is 8.92. The van der Waals surface area contributed by atoms with Crippen molar-refractivity contribution >= 4 is 23.4 Å². The molecule has 0 saturated carbocycles. The molecule has 7 nitrogen and oxygen atoms in total. The van der Waals surface area contributed by atoms with Crippen LogP contribution in [0.5, 0.6) is 0 Å². The van der Waals surface area contributed by atoms with Crippen molar-refractivity contribution in [2.45, 2.75) is 26.3 Å². The van der Waals surface area contributed by atoms with Gasteiger partial charge in [0.2, 0.25) is 5.91 Å². The van der Waals surface area contributed by atoms with Crippen LogP contribution in [0.15, 0.2) is 66.9 Å². The van der Waals surface area contributed by atoms with E-state index in [0.717, 1.165) is 17.5 Å². The number of carbonyl (C=O) groups is 3. The van der Waals surface area contributed by atoms with Crippen LogP contribution in [-0.2, 0) is 27.3 Å². The normalized spacial score (nSPS) is 9.89. The number of rotatable bonds is 8. The molecule has 2 aromatic rings. The number of hydrogen-bond acceptors (Lipinski definition) is 4. The molecule has 0 bridgehead atoms. The fourth-order valence-electron chi connectivity index (χ4n) is 2.31. The van der Waals surface area contributed by atoms with Crippen LogP contribution in [0.2, 0.25) is 0 Å². The number of anilines is 1. The minimum atomic E-state index is -0.884. The third-order valence-electron chi connectivity index (χ3n) is 3.89. The van der Waals surface area contributed by atoms with Gasteiger partial charge in [-0.1, -0.05) is 56.0 Å². The first-order chi connectivity index (χ1) is 13.5. The van der Waals surface area contributed by atoms with Gasteiger partial charge < -0.3 is 16.1 Å². The van der Waals surface area contributed by atoms with Gasteiger partial charge in [0.15, 0.2) is 0 Å². The van der Waals surface area contributed by atoms with Crippen molar-refractivity contribution in [2.24, 2.45) is 0 Å². The fourth-order valence-corrected chi connectivity index (χ4v) is 2.31. The molecule has 0 aliphatic heterocycles. The van der Waals surface area contributed by atoms with Gasteiger partial charge in [0, 0.05) is 17.9 Å². The van der Waals surface area contributed by atoms with E-state index in [9.17, 15) is 14.4 Å². The van der Waals surface area contributed by atoms with Gasteiger partial charge in [-0.2, -0.15) is 0 Å². The lowest BCUT2D eigenvalue weighted by molar-refractivity contribution is -0.136. The molecule has 0 radical (unpaired) electrons. The SMILES string of the molecule is C=C(CC(=O)NCc1ccccc1)NNC(=O)C(=O)Nc1ccc(CC)cc1. The Hall–Kier alpha value is -3.61. The van der Waals surface area contributed by atoms with Crippen molar-refractivity contribution in [1.82, 2.24) is 16.2 Å². The molecule has 2 aromatic carbocycles. The van der Waals surface area contributed by atoms with Crippen LogP contribution >= 0.6 is 0 Å². The Kier molecular flexibility index (Phi) is 7.77. The third kappa shape index (κ3) is 6.95. The lowest BCUT2D eigenvalue weighted by Crippen LogP contribution is -2.43. The van der Waals surface area contributed by atoms with Gasteiger partial charge in [-0.15, -0.1) is 0 Å². The van der Waals surface area contributed by atoms with Crippen LogP contribution in [0.1, 0.15) is 24.5 Å². The van der Waals surface area contributed by atoms with Crippen LogP contribution in [0.3, 0.4) is 0 Å². The molecule has 0 aromatic heterocycles. The van der Waals surface area contributed by atoms with Crippen molar-refractivity contribution in [3.05, 3.63) is 78.0 Å². The van der Waals surface area contributed by atoms with Gasteiger partial charge in [-0.25, -0.2) is 0 Å². The molecular weight excluding hydrogens is 356 g/mol. The number of benzene rings is 2. The topological polar surface area (TPSA) is 99.3 Å². The molecule has 2 rings (SSSR count). The van der Waals surface area contributed by atoms with Gasteiger partial charge in [0.05, 0.1) is 6.42 Å². The van der Waals surface area contributed by atoms with Gasteiger partial charge in [0.1, 0.15) is 0 Å². The van der Waals surface area contributed by atoms with Crippen molar-refractivity contribution in [3.63, 3.8) is 0 Å². The number of nitrogens with one attached hydrogen (secondary N) is 4. The Morgan fingerprint density at radius 3 is 2.18 bits per heavy atom. The van der Waals surface area contributed by atoms with Crippen LogP contribution in [0.4, 0.5) is 5.69 Å². The highest BCUT2D eigenvalue weighted by Crippen LogP contribution is 2.09. The first kappa shape index (κ1) is 20.7. The number of aryl methyl sites for hydroxylation is 1. The molecule has 146 valence electrons. The van der Waals surface area contributed by atoms with Gasteiger partial charge >= 0.3 is 11.8 Å². The Morgan fingerprint density at radius 2 is 1.54 bits per heavy atom. The zero-order chi connectivity index (χ0) is 20.4. The Bertz CT molecular complexity index is 832. The molecule has 0 aliphatic rings. The monoisotopic (exact) mass is 380 g/mol. The minimum absolute atomic E-state index is 0.0345. The highest BCUT2D eigenvalue weighted by Gasteiger charge is 2.14. The Morgan fingerprint density at radius 1 is 0.857 bits per heavy atom. The van der Waals surface area contributed by atoms with E-state index in [1.165, 1.54) is 0 Å². The summed E-state index contributed by atoms with van der Waals surface area (Å²) in [4.78, 5) is 35.6. The van der Waals surface area contributed by atoms with E-state index in [0.29, 0.717) is 12.2 Å². The largest absolute Gasteiger partial charge is 0.352 e. The van der Waals surface area contributed by atoms with E-state index in [4.69, 9.17) is 0 Å². The van der Waals surface area contributed by atoms with Crippen molar-refractivity contribution in [1.29, 1.82) is 0 Å². The van der Waals surface area contributed by atoms with Crippen LogP contribution in [-0.4, -0.2) is 17.7 Å². The Balaban J connectivity index is 1.69. The van der Waals surface area contributed by atoms with E-state index >= 15 is 0 Å². The average molecular weight is 380 g/mol. The summed E-state index contributed by atoms with van der Waals surface area (Å²) in [6, 6.07) is 16.7. The zero-order valence-corrected chi connectivity index (χ0v) is 15.7. The van der Waals surface area contributed by atoms with Crippen LogP contribution < -0.4 is 21.5 Å². The smallest absolute Gasteiger partial charge is 0.327 e. The number of amides is 3. The summed E-state index contributed by atoms with van der Waals surface area (Å²) in [6.45, 7) is 6.10. The highest BCUT2D eigenvalue weighted by molar-refractivity contribution is 6.39. The summed E-state index contributed by atoms with van der Waals surface area (Å²) >= 11 is 0. The fraction of sp³-hybridized carbons (Fsp3) is 0.190. The lowest BCUT2D eigenvalue weighted by Gasteiger charge is -2.11. The van der Waals surface area contributed by atoms with Gasteiger partial charge in [0.25, 0.3) is 0 Å². The van der Waals surface area contributed by atoms with E-state index in [1.54, 1.807) is 12.1 Å². The third-order valence-corrected chi connectivity index (χ3v) is 3.89. The molecule has 0 spiro atoms. The predicted molar refractivity (Wildman–Crippen MR) is 108 cm³/mol.